The quantitative estimate of drug-likeness (QED) is 0.556. The van der Waals surface area contributed by atoms with Crippen LogP contribution in [0.5, 0.6) is 0 Å². The molecule has 1 heterocycles. The minimum Gasteiger partial charge on any atom is -0.302 e. The van der Waals surface area contributed by atoms with Gasteiger partial charge >= 0.3 is 15.6 Å². The lowest BCUT2D eigenvalue weighted by atomic mass is 9.13. The van der Waals surface area contributed by atoms with Crippen LogP contribution in [0.4, 0.5) is 0 Å². The fourth-order valence-corrected chi connectivity index (χ4v) is 12.0. The topological polar surface area (TPSA) is 102 Å². The van der Waals surface area contributed by atoms with E-state index in [0.29, 0.717) is 18.3 Å². The average molecular weight is 386 g/mol. The summed E-state index contributed by atoms with van der Waals surface area (Å²) in [6, 6.07) is 0. The Morgan fingerprint density at radius 2 is 1.40 bits per heavy atom. The van der Waals surface area contributed by atoms with E-state index in [1.54, 1.807) is 0 Å². The molecule has 8 rings (SSSR count). The number of phosphoric ester groups is 1. The smallest absolute Gasteiger partial charge is 0.302 e. The zero-order chi connectivity index (χ0) is 16.7. The van der Waals surface area contributed by atoms with Crippen molar-refractivity contribution in [1.29, 1.82) is 0 Å². The fraction of sp³-hybridized carbons (Fsp3) is 1.00. The Morgan fingerprint density at radius 1 is 0.880 bits per heavy atom. The van der Waals surface area contributed by atoms with Gasteiger partial charge in [0.2, 0.25) is 0 Å². The largest absolute Gasteiger partial charge is 0.488 e. The van der Waals surface area contributed by atoms with Gasteiger partial charge in [-0.1, -0.05) is 0 Å². The molecule has 1 spiro atoms. The number of fused-ring (bicyclic) bond motifs is 17. The Bertz CT molecular complexity index is 822. The molecular formula is C16H20O7P2. The highest BCUT2D eigenvalue weighted by atomic mass is 31.3. The lowest BCUT2D eigenvalue weighted by Gasteiger charge is -2.92. The Labute approximate surface area is 144 Å². The summed E-state index contributed by atoms with van der Waals surface area (Å²) in [5, 5.41) is 0. The SMILES string of the molecule is O=P(O)(O)OP1(=O)OC2(CC3C4C5C6C7C8CCC8C7C6C5C4C32)O1. The molecule has 7 nitrogen and oxygen atoms in total. The van der Waals surface area contributed by atoms with Gasteiger partial charge in [-0.15, -0.1) is 0 Å². The predicted molar refractivity (Wildman–Crippen MR) is 81.4 cm³/mol. The van der Waals surface area contributed by atoms with Crippen molar-refractivity contribution in [3.8, 4) is 0 Å². The molecule has 0 amide bonds. The molecule has 1 saturated heterocycles. The van der Waals surface area contributed by atoms with Crippen LogP contribution < -0.4 is 0 Å². The standard InChI is InChI=1S/C16H20O7P2/c17-24(18,19)23-25(20)21-16(22-25)3-6-9-12-10-7-4-1-2-5(4)8(7)11(10)13(12)14(9)15(6)16/h4-15H,1-3H2,(H2,17,18,19). The van der Waals surface area contributed by atoms with E-state index in [9.17, 15) is 9.13 Å². The van der Waals surface area contributed by atoms with E-state index in [2.05, 4.69) is 4.31 Å². The van der Waals surface area contributed by atoms with Gasteiger partial charge in [0.15, 0.2) is 5.79 Å². The molecule has 0 radical (unpaired) electrons. The van der Waals surface area contributed by atoms with E-state index in [-0.39, 0.29) is 5.92 Å². The van der Waals surface area contributed by atoms with E-state index >= 15 is 0 Å². The van der Waals surface area contributed by atoms with Gasteiger partial charge in [-0.25, -0.2) is 9.13 Å². The fourth-order valence-electron chi connectivity index (χ4n) is 9.53. The molecule has 8 fully saturated rings. The first kappa shape index (κ1) is 14.3. The van der Waals surface area contributed by atoms with E-state index in [4.69, 9.17) is 18.8 Å². The van der Waals surface area contributed by atoms with Gasteiger partial charge in [-0.05, 0) is 77.9 Å². The monoisotopic (exact) mass is 386 g/mol. The number of rotatable bonds is 2. The Morgan fingerprint density at radius 3 is 1.92 bits per heavy atom. The Hall–Kier alpha value is 0.260. The first-order chi connectivity index (χ1) is 11.8. The first-order valence-electron chi connectivity index (χ1n) is 9.60. The second-order valence-electron chi connectivity index (χ2n) is 9.93. The van der Waals surface area contributed by atoms with Crippen molar-refractivity contribution in [1.82, 2.24) is 0 Å². The van der Waals surface area contributed by atoms with E-state index in [1.807, 2.05) is 0 Å². The van der Waals surface area contributed by atoms with Gasteiger partial charge in [-0.3, -0.25) is 9.05 Å². The molecule has 0 bridgehead atoms. The Kier molecular flexibility index (Phi) is 2.07. The molecule has 7 aliphatic carbocycles. The van der Waals surface area contributed by atoms with Gasteiger partial charge in [0.05, 0.1) is 0 Å². The molecule has 12 unspecified atom stereocenters. The minimum atomic E-state index is -4.87. The zero-order valence-corrected chi connectivity index (χ0v) is 15.2. The van der Waals surface area contributed by atoms with Gasteiger partial charge in [0, 0.05) is 12.3 Å². The molecule has 0 aromatic rings. The van der Waals surface area contributed by atoms with Crippen molar-refractivity contribution in [2.24, 2.45) is 71.0 Å². The van der Waals surface area contributed by atoms with Crippen LogP contribution in [0.3, 0.4) is 0 Å². The van der Waals surface area contributed by atoms with Gasteiger partial charge in [0.25, 0.3) is 0 Å². The highest BCUT2D eigenvalue weighted by molar-refractivity contribution is 7.61. The summed E-state index contributed by atoms with van der Waals surface area (Å²) < 4.78 is 38.1. The maximum Gasteiger partial charge on any atom is 0.488 e. The van der Waals surface area contributed by atoms with Crippen molar-refractivity contribution in [3.63, 3.8) is 0 Å². The number of hydrogen-bond acceptors (Lipinski definition) is 5. The van der Waals surface area contributed by atoms with Crippen LogP contribution in [0.15, 0.2) is 0 Å². The van der Waals surface area contributed by atoms with Crippen molar-refractivity contribution < 1.29 is 32.3 Å². The third-order valence-corrected chi connectivity index (χ3v) is 12.7. The van der Waals surface area contributed by atoms with Crippen molar-refractivity contribution in [2.75, 3.05) is 0 Å². The van der Waals surface area contributed by atoms with E-state index < -0.39 is 21.4 Å². The molecule has 9 heteroatoms. The van der Waals surface area contributed by atoms with Crippen LogP contribution >= 0.6 is 15.6 Å². The second kappa shape index (κ2) is 3.61. The minimum absolute atomic E-state index is 0.276. The van der Waals surface area contributed by atoms with Crippen LogP contribution in [0.25, 0.3) is 0 Å². The second-order valence-corrected chi connectivity index (χ2v) is 12.8. The molecule has 25 heavy (non-hydrogen) atoms. The van der Waals surface area contributed by atoms with E-state index in [0.717, 1.165) is 53.3 Å². The molecule has 136 valence electrons. The normalized spacial score (nSPS) is 74.8. The third-order valence-electron chi connectivity index (χ3n) is 9.95. The van der Waals surface area contributed by atoms with Gasteiger partial charge < -0.3 is 9.79 Å². The average Bonchev–Trinajstić information content (AvgIpc) is 2.40. The van der Waals surface area contributed by atoms with Gasteiger partial charge in [0.1, 0.15) is 0 Å². The summed E-state index contributed by atoms with van der Waals surface area (Å²) in [4.78, 5) is 17.7. The molecule has 12 atom stereocenters. The maximum atomic E-state index is 12.1. The number of phosphoric acid groups is 2. The Balaban J connectivity index is 1.02. The maximum absolute atomic E-state index is 12.1. The van der Waals surface area contributed by atoms with Crippen LogP contribution in [0.2, 0.25) is 0 Å². The van der Waals surface area contributed by atoms with Crippen LogP contribution in [0.1, 0.15) is 19.3 Å². The molecule has 1 aliphatic heterocycles. The summed E-state index contributed by atoms with van der Waals surface area (Å²) >= 11 is 0. The molecule has 8 aliphatic rings. The van der Waals surface area contributed by atoms with E-state index in [1.165, 1.54) is 12.8 Å². The lowest BCUT2D eigenvalue weighted by Crippen LogP contribution is -2.90. The predicted octanol–water partition coefficient (Wildman–Crippen LogP) is 2.61. The van der Waals surface area contributed by atoms with Gasteiger partial charge in [-0.2, -0.15) is 4.31 Å². The lowest BCUT2D eigenvalue weighted by molar-refractivity contribution is -0.489. The molecule has 7 saturated carbocycles. The highest BCUT2D eigenvalue weighted by Gasteiger charge is 2.91. The first-order valence-corrected chi connectivity index (χ1v) is 12.6. The number of hydrogen-bond donors (Lipinski definition) is 2. The third kappa shape index (κ3) is 1.25. The summed E-state index contributed by atoms with van der Waals surface area (Å²) in [6.07, 6.45) is 3.64. The molecular weight excluding hydrogens is 366 g/mol. The van der Waals surface area contributed by atoms with Crippen LogP contribution in [-0.4, -0.2) is 15.6 Å². The summed E-state index contributed by atoms with van der Waals surface area (Å²) in [6.45, 7) is 0. The van der Waals surface area contributed by atoms with Crippen molar-refractivity contribution in [3.05, 3.63) is 0 Å². The van der Waals surface area contributed by atoms with Crippen LogP contribution in [-0.2, 0) is 22.5 Å². The summed E-state index contributed by atoms with van der Waals surface area (Å²) in [5.41, 5.74) is 0. The van der Waals surface area contributed by atoms with Crippen molar-refractivity contribution in [2.45, 2.75) is 25.0 Å². The highest BCUT2D eigenvalue weighted by Crippen LogP contribution is 2.93. The summed E-state index contributed by atoms with van der Waals surface area (Å²) in [5.74, 6) is 9.36. The zero-order valence-electron chi connectivity index (χ0n) is 13.4. The van der Waals surface area contributed by atoms with Crippen LogP contribution in [0, 0.1) is 71.0 Å². The molecule has 0 aromatic heterocycles. The molecule has 0 aromatic carbocycles. The summed E-state index contributed by atoms with van der Waals surface area (Å²) in [7, 11) is -8.94. The van der Waals surface area contributed by atoms with Crippen molar-refractivity contribution >= 4 is 15.6 Å². The molecule has 2 N–H and O–H groups in total.